The molecule has 2 aromatic rings. The molecule has 1 fully saturated rings. The van der Waals surface area contributed by atoms with Gasteiger partial charge >= 0.3 is 0 Å². The summed E-state index contributed by atoms with van der Waals surface area (Å²) in [7, 11) is -2.12. The molecule has 0 aliphatic carbocycles. The smallest absolute Gasteiger partial charge is 0.254 e. The van der Waals surface area contributed by atoms with Gasteiger partial charge in [-0.3, -0.25) is 4.79 Å². The van der Waals surface area contributed by atoms with Crippen LogP contribution in [0.25, 0.3) is 0 Å². The van der Waals surface area contributed by atoms with Gasteiger partial charge < -0.3 is 19.1 Å². The fraction of sp³-hybridized carbons (Fsp3) is 0.381. The third kappa shape index (κ3) is 4.44. The fourth-order valence-electron chi connectivity index (χ4n) is 3.57. The summed E-state index contributed by atoms with van der Waals surface area (Å²) in [6, 6.07) is 9.46. The first-order valence-corrected chi connectivity index (χ1v) is 11.7. The number of hydrogen-bond donors (Lipinski definition) is 0. The van der Waals surface area contributed by atoms with E-state index < -0.39 is 10.0 Å². The van der Waals surface area contributed by atoms with E-state index in [1.807, 2.05) is 0 Å². The maximum absolute atomic E-state index is 13.0. The van der Waals surface area contributed by atoms with Crippen molar-refractivity contribution in [3.05, 3.63) is 47.0 Å². The Morgan fingerprint density at radius 2 is 1.71 bits per heavy atom. The third-order valence-corrected chi connectivity index (χ3v) is 7.47. The molecule has 2 aliphatic rings. The van der Waals surface area contributed by atoms with Crippen LogP contribution in [-0.2, 0) is 10.0 Å². The Balaban J connectivity index is 1.45. The Kier molecular flexibility index (Phi) is 6.27. The van der Waals surface area contributed by atoms with Crippen molar-refractivity contribution in [3.63, 3.8) is 0 Å². The zero-order chi connectivity index (χ0) is 22.0. The summed E-state index contributed by atoms with van der Waals surface area (Å²) in [5.74, 6) is 1.27. The summed E-state index contributed by atoms with van der Waals surface area (Å²) < 4.78 is 43.5. The van der Waals surface area contributed by atoms with Crippen LogP contribution in [0.4, 0.5) is 0 Å². The van der Waals surface area contributed by atoms with Gasteiger partial charge in [0, 0.05) is 38.2 Å². The van der Waals surface area contributed by atoms with Gasteiger partial charge in [0.1, 0.15) is 5.75 Å². The van der Waals surface area contributed by atoms with Gasteiger partial charge in [-0.2, -0.15) is 4.31 Å². The molecule has 2 heterocycles. The van der Waals surface area contributed by atoms with E-state index in [1.165, 1.54) is 23.5 Å². The molecule has 0 saturated carbocycles. The quantitative estimate of drug-likeness (QED) is 0.688. The van der Waals surface area contributed by atoms with Gasteiger partial charge in [0.25, 0.3) is 5.91 Å². The molecular formula is C21H23ClN2O6S. The van der Waals surface area contributed by atoms with Crippen LogP contribution in [0.2, 0.25) is 5.02 Å². The van der Waals surface area contributed by atoms with Crippen LogP contribution in [0.1, 0.15) is 16.8 Å². The minimum Gasteiger partial charge on any atom is -0.497 e. The van der Waals surface area contributed by atoms with Crippen molar-refractivity contribution >= 4 is 27.5 Å². The maximum Gasteiger partial charge on any atom is 0.254 e. The molecule has 0 aromatic heterocycles. The van der Waals surface area contributed by atoms with Crippen molar-refractivity contribution in [1.82, 2.24) is 9.21 Å². The minimum atomic E-state index is -3.64. The number of carbonyl (C=O) groups excluding carboxylic acids is 1. The number of benzene rings is 2. The summed E-state index contributed by atoms with van der Waals surface area (Å²) in [6.45, 7) is 1.96. The Morgan fingerprint density at radius 3 is 2.39 bits per heavy atom. The normalized spacial score (nSPS) is 17.2. The molecule has 1 amide bonds. The lowest BCUT2D eigenvalue weighted by atomic mass is 10.1. The van der Waals surface area contributed by atoms with Crippen LogP contribution >= 0.6 is 11.6 Å². The highest BCUT2D eigenvalue weighted by Crippen LogP contribution is 2.38. The van der Waals surface area contributed by atoms with Crippen molar-refractivity contribution in [3.8, 4) is 17.2 Å². The Bertz CT molecular complexity index is 1070. The highest BCUT2D eigenvalue weighted by atomic mass is 35.5. The second-order valence-corrected chi connectivity index (χ2v) is 9.55. The standard InChI is InChI=1S/C21H23ClN2O6S/c1-28-16-3-5-17(6-4-16)31(26,27)24-9-7-23(8-10-24)21(25)15-13-18(22)20-19(14-15)29-11-2-12-30-20/h3-6,13-14H,2,7-12H2,1H3. The van der Waals surface area contributed by atoms with E-state index in [4.69, 9.17) is 25.8 Å². The summed E-state index contributed by atoms with van der Waals surface area (Å²) in [4.78, 5) is 14.8. The van der Waals surface area contributed by atoms with Gasteiger partial charge in [-0.05, 0) is 36.4 Å². The number of piperazine rings is 1. The number of hydrogen-bond acceptors (Lipinski definition) is 6. The number of fused-ring (bicyclic) bond motifs is 1. The van der Waals surface area contributed by atoms with E-state index in [2.05, 4.69) is 0 Å². The molecule has 2 aromatic carbocycles. The third-order valence-electron chi connectivity index (χ3n) is 5.27. The summed E-state index contributed by atoms with van der Waals surface area (Å²) in [5, 5.41) is 0.323. The second kappa shape index (κ2) is 8.94. The minimum absolute atomic E-state index is 0.197. The summed E-state index contributed by atoms with van der Waals surface area (Å²) in [6.07, 6.45) is 0.735. The van der Waals surface area contributed by atoms with E-state index in [-0.39, 0.29) is 37.0 Å². The van der Waals surface area contributed by atoms with E-state index in [0.717, 1.165) is 6.42 Å². The molecular weight excluding hydrogens is 444 g/mol. The number of nitrogens with zero attached hydrogens (tertiary/aromatic N) is 2. The van der Waals surface area contributed by atoms with E-state index >= 15 is 0 Å². The van der Waals surface area contributed by atoms with Gasteiger partial charge in [0.2, 0.25) is 10.0 Å². The first-order valence-electron chi connectivity index (χ1n) is 9.93. The molecule has 0 unspecified atom stereocenters. The van der Waals surface area contributed by atoms with Gasteiger partial charge in [-0.25, -0.2) is 8.42 Å². The lowest BCUT2D eigenvalue weighted by Crippen LogP contribution is -2.50. The number of halogens is 1. The SMILES string of the molecule is COc1ccc(S(=O)(=O)N2CCN(C(=O)c3cc(Cl)c4c(c3)OCCCO4)CC2)cc1. The van der Waals surface area contributed by atoms with Crippen molar-refractivity contribution in [1.29, 1.82) is 0 Å². The van der Waals surface area contributed by atoms with Crippen LogP contribution in [-0.4, -0.2) is 70.0 Å². The van der Waals surface area contributed by atoms with Crippen molar-refractivity contribution in [2.75, 3.05) is 46.5 Å². The highest BCUT2D eigenvalue weighted by molar-refractivity contribution is 7.89. The maximum atomic E-state index is 13.0. The van der Waals surface area contributed by atoms with Crippen LogP contribution in [0.15, 0.2) is 41.3 Å². The van der Waals surface area contributed by atoms with E-state index in [0.29, 0.717) is 41.0 Å². The molecule has 0 bridgehead atoms. The molecule has 166 valence electrons. The molecule has 0 radical (unpaired) electrons. The molecule has 8 nitrogen and oxygen atoms in total. The first-order chi connectivity index (χ1) is 14.9. The van der Waals surface area contributed by atoms with Crippen LogP contribution < -0.4 is 14.2 Å². The van der Waals surface area contributed by atoms with Gasteiger partial charge in [-0.1, -0.05) is 11.6 Å². The van der Waals surface area contributed by atoms with Crippen molar-refractivity contribution in [2.24, 2.45) is 0 Å². The average molecular weight is 467 g/mol. The van der Waals surface area contributed by atoms with Crippen LogP contribution in [0.3, 0.4) is 0 Å². The van der Waals surface area contributed by atoms with Crippen molar-refractivity contribution < 1.29 is 27.4 Å². The second-order valence-electron chi connectivity index (χ2n) is 7.21. The predicted molar refractivity (Wildman–Crippen MR) is 115 cm³/mol. The van der Waals surface area contributed by atoms with Crippen molar-refractivity contribution in [2.45, 2.75) is 11.3 Å². The molecule has 0 spiro atoms. The fourth-order valence-corrected chi connectivity index (χ4v) is 5.25. The summed E-state index contributed by atoms with van der Waals surface area (Å²) >= 11 is 6.30. The molecule has 31 heavy (non-hydrogen) atoms. The first kappa shape index (κ1) is 21.7. The molecule has 0 N–H and O–H groups in total. The van der Waals surface area contributed by atoms with E-state index in [9.17, 15) is 13.2 Å². The zero-order valence-corrected chi connectivity index (χ0v) is 18.6. The number of methoxy groups -OCH3 is 1. The Hall–Kier alpha value is -2.49. The molecule has 1 saturated heterocycles. The number of sulfonamides is 1. The van der Waals surface area contributed by atoms with Gasteiger partial charge in [0.15, 0.2) is 11.5 Å². The van der Waals surface area contributed by atoms with Crippen LogP contribution in [0.5, 0.6) is 17.2 Å². The largest absolute Gasteiger partial charge is 0.497 e. The molecule has 4 rings (SSSR count). The van der Waals surface area contributed by atoms with Gasteiger partial charge in [0.05, 0.1) is 30.2 Å². The topological polar surface area (TPSA) is 85.4 Å². The monoisotopic (exact) mass is 466 g/mol. The Labute approximate surface area is 186 Å². The zero-order valence-electron chi connectivity index (χ0n) is 17.0. The number of ether oxygens (including phenoxy) is 3. The van der Waals surface area contributed by atoms with E-state index in [1.54, 1.807) is 29.2 Å². The number of amides is 1. The van der Waals surface area contributed by atoms with Crippen LogP contribution in [0, 0.1) is 0 Å². The lowest BCUT2D eigenvalue weighted by molar-refractivity contribution is 0.0697. The highest BCUT2D eigenvalue weighted by Gasteiger charge is 2.31. The molecule has 0 atom stereocenters. The number of carbonyl (C=O) groups is 1. The molecule has 10 heteroatoms. The van der Waals surface area contributed by atoms with Gasteiger partial charge in [-0.15, -0.1) is 0 Å². The number of rotatable bonds is 4. The predicted octanol–water partition coefficient (Wildman–Crippen LogP) is 2.66. The lowest BCUT2D eigenvalue weighted by Gasteiger charge is -2.34. The average Bonchev–Trinajstić information content (AvgIpc) is 3.04. The Morgan fingerprint density at radius 1 is 1.03 bits per heavy atom. The summed E-state index contributed by atoms with van der Waals surface area (Å²) in [5.41, 5.74) is 0.390. The molecule has 2 aliphatic heterocycles.